The maximum Gasteiger partial charge on any atom is 0.434 e. The van der Waals surface area contributed by atoms with E-state index in [0.29, 0.717) is 30.5 Å². The van der Waals surface area contributed by atoms with Crippen molar-refractivity contribution in [3.8, 4) is 0 Å². The number of benzene rings is 1. The molecule has 0 amide bonds. The summed E-state index contributed by atoms with van der Waals surface area (Å²) in [5.74, 6) is 0.618. The molecule has 5 nitrogen and oxygen atoms in total. The SMILES string of the molecule is CN=C(NCCc1nc(C(F)(F)F)cs1)NCC(Cc1ccccc1)N(C)C.I. The minimum absolute atomic E-state index is 0. The summed E-state index contributed by atoms with van der Waals surface area (Å²) in [6.07, 6.45) is -3.08. The standard InChI is InChI=1S/C19H26F3N5S.HI/c1-23-18(24-10-9-17-26-16(13-28-17)19(20,21)22)25-12-15(27(2)3)11-14-7-5-4-6-8-14;/h4-8,13,15H,9-12H2,1-3H3,(H2,23,24,25);1H. The van der Waals surface area contributed by atoms with Gasteiger partial charge in [0.2, 0.25) is 0 Å². The van der Waals surface area contributed by atoms with Crippen LogP contribution in [-0.4, -0.2) is 56.1 Å². The number of nitrogens with one attached hydrogen (secondary N) is 2. The van der Waals surface area contributed by atoms with E-state index in [1.165, 1.54) is 5.56 Å². The van der Waals surface area contributed by atoms with Crippen molar-refractivity contribution in [3.05, 3.63) is 52.0 Å². The van der Waals surface area contributed by atoms with Gasteiger partial charge in [-0.1, -0.05) is 30.3 Å². The molecule has 0 aliphatic heterocycles. The molecule has 0 aliphatic rings. The van der Waals surface area contributed by atoms with Crippen LogP contribution in [0.3, 0.4) is 0 Å². The first kappa shape index (κ1) is 25.6. The van der Waals surface area contributed by atoms with Gasteiger partial charge in [0.15, 0.2) is 11.7 Å². The number of aromatic nitrogens is 1. The number of thiazole rings is 1. The molecule has 2 aromatic rings. The number of hydrogen-bond acceptors (Lipinski definition) is 4. The molecule has 0 bridgehead atoms. The van der Waals surface area contributed by atoms with Crippen LogP contribution in [0.5, 0.6) is 0 Å². The molecule has 1 aromatic heterocycles. The maximum absolute atomic E-state index is 12.6. The molecule has 1 heterocycles. The lowest BCUT2D eigenvalue weighted by Crippen LogP contribution is -2.46. The third-order valence-corrected chi connectivity index (χ3v) is 5.16. The Morgan fingerprint density at radius 3 is 2.45 bits per heavy atom. The lowest BCUT2D eigenvalue weighted by molar-refractivity contribution is -0.140. The molecular formula is C19H27F3IN5S. The zero-order valence-corrected chi connectivity index (χ0v) is 19.8. The minimum atomic E-state index is -4.39. The average Bonchev–Trinajstić information content (AvgIpc) is 3.13. The van der Waals surface area contributed by atoms with Gasteiger partial charge in [-0.25, -0.2) is 4.98 Å². The van der Waals surface area contributed by atoms with E-state index in [4.69, 9.17) is 0 Å². The highest BCUT2D eigenvalue weighted by molar-refractivity contribution is 14.0. The number of alkyl halides is 3. The Kier molecular flexibility index (Phi) is 10.9. The van der Waals surface area contributed by atoms with Crippen molar-refractivity contribution in [1.29, 1.82) is 0 Å². The van der Waals surface area contributed by atoms with E-state index < -0.39 is 11.9 Å². The minimum Gasteiger partial charge on any atom is -0.356 e. The fourth-order valence-electron chi connectivity index (χ4n) is 2.60. The number of guanidine groups is 1. The third kappa shape index (κ3) is 8.87. The fourth-order valence-corrected chi connectivity index (χ4v) is 3.41. The van der Waals surface area contributed by atoms with Crippen molar-refractivity contribution in [3.63, 3.8) is 0 Å². The first-order valence-electron chi connectivity index (χ1n) is 8.96. The lowest BCUT2D eigenvalue weighted by atomic mass is 10.1. The second-order valence-corrected chi connectivity index (χ2v) is 7.50. The Bertz CT molecular complexity index is 750. The van der Waals surface area contributed by atoms with Crippen LogP contribution in [0.25, 0.3) is 0 Å². The van der Waals surface area contributed by atoms with Gasteiger partial charge in [0.05, 0.1) is 5.01 Å². The second kappa shape index (κ2) is 12.3. The summed E-state index contributed by atoms with van der Waals surface area (Å²) in [5, 5.41) is 7.92. The summed E-state index contributed by atoms with van der Waals surface area (Å²) in [6.45, 7) is 1.15. The second-order valence-electron chi connectivity index (χ2n) is 6.56. The Hall–Kier alpha value is -1.40. The molecule has 29 heavy (non-hydrogen) atoms. The normalized spacial score (nSPS) is 13.1. The molecule has 0 spiro atoms. The molecule has 1 atom stereocenters. The van der Waals surface area contributed by atoms with Gasteiger partial charge in [-0.2, -0.15) is 13.2 Å². The van der Waals surface area contributed by atoms with E-state index in [1.54, 1.807) is 7.05 Å². The molecule has 0 saturated carbocycles. The van der Waals surface area contributed by atoms with Crippen LogP contribution in [0.4, 0.5) is 13.2 Å². The quantitative estimate of drug-likeness (QED) is 0.305. The molecule has 1 aromatic carbocycles. The van der Waals surface area contributed by atoms with Crippen LogP contribution < -0.4 is 10.6 Å². The molecule has 1 unspecified atom stereocenters. The van der Waals surface area contributed by atoms with Gasteiger partial charge in [-0.3, -0.25) is 4.99 Å². The number of likely N-dealkylation sites (N-methyl/N-ethyl adjacent to an activating group) is 1. The van der Waals surface area contributed by atoms with Gasteiger partial charge in [0.25, 0.3) is 0 Å². The van der Waals surface area contributed by atoms with Crippen LogP contribution >= 0.6 is 35.3 Å². The smallest absolute Gasteiger partial charge is 0.356 e. The van der Waals surface area contributed by atoms with Crippen molar-refractivity contribution in [2.45, 2.75) is 25.1 Å². The first-order valence-corrected chi connectivity index (χ1v) is 9.84. The van der Waals surface area contributed by atoms with Gasteiger partial charge >= 0.3 is 6.18 Å². The van der Waals surface area contributed by atoms with Crippen molar-refractivity contribution in [2.24, 2.45) is 4.99 Å². The molecule has 10 heteroatoms. The topological polar surface area (TPSA) is 52.6 Å². The molecule has 0 radical (unpaired) electrons. The lowest BCUT2D eigenvalue weighted by Gasteiger charge is -2.25. The molecule has 0 fully saturated rings. The van der Waals surface area contributed by atoms with Crippen molar-refractivity contribution in [2.75, 3.05) is 34.2 Å². The molecule has 2 rings (SSSR count). The third-order valence-electron chi connectivity index (χ3n) is 4.25. The van der Waals surface area contributed by atoms with Crippen molar-refractivity contribution >= 4 is 41.3 Å². The zero-order chi connectivity index (χ0) is 20.6. The van der Waals surface area contributed by atoms with E-state index in [2.05, 4.69) is 37.6 Å². The Morgan fingerprint density at radius 1 is 1.21 bits per heavy atom. The average molecular weight is 541 g/mol. The molecule has 2 N–H and O–H groups in total. The van der Waals surface area contributed by atoms with E-state index >= 15 is 0 Å². The van der Waals surface area contributed by atoms with Crippen LogP contribution in [0.1, 0.15) is 16.3 Å². The number of aliphatic imine (C=N–C) groups is 1. The van der Waals surface area contributed by atoms with Gasteiger partial charge in [0, 0.05) is 38.0 Å². The van der Waals surface area contributed by atoms with E-state index in [9.17, 15) is 13.2 Å². The zero-order valence-electron chi connectivity index (χ0n) is 16.7. The van der Waals surface area contributed by atoms with Gasteiger partial charge in [-0.15, -0.1) is 35.3 Å². The van der Waals surface area contributed by atoms with E-state index in [1.807, 2.05) is 32.3 Å². The molecular weight excluding hydrogens is 514 g/mol. The fraction of sp³-hybridized carbons (Fsp3) is 0.474. The largest absolute Gasteiger partial charge is 0.434 e. The summed E-state index contributed by atoms with van der Waals surface area (Å²) < 4.78 is 37.8. The van der Waals surface area contributed by atoms with E-state index in [0.717, 1.165) is 23.1 Å². The number of rotatable bonds is 8. The summed E-state index contributed by atoms with van der Waals surface area (Å²) in [4.78, 5) is 9.97. The highest BCUT2D eigenvalue weighted by atomic mass is 127. The summed E-state index contributed by atoms with van der Waals surface area (Å²) in [7, 11) is 5.74. The Balaban J connectivity index is 0.00000420. The maximum atomic E-state index is 12.6. The molecule has 0 aliphatic carbocycles. The van der Waals surface area contributed by atoms with Crippen molar-refractivity contribution in [1.82, 2.24) is 20.5 Å². The van der Waals surface area contributed by atoms with Crippen LogP contribution in [-0.2, 0) is 19.0 Å². The Labute approximate surface area is 190 Å². The highest BCUT2D eigenvalue weighted by Gasteiger charge is 2.33. The Morgan fingerprint density at radius 2 is 1.90 bits per heavy atom. The number of hydrogen-bond donors (Lipinski definition) is 2. The van der Waals surface area contributed by atoms with Gasteiger partial charge in [0.1, 0.15) is 0 Å². The number of halogens is 4. The van der Waals surface area contributed by atoms with Crippen LogP contribution in [0.15, 0.2) is 40.7 Å². The predicted molar refractivity (Wildman–Crippen MR) is 123 cm³/mol. The summed E-state index contributed by atoms with van der Waals surface area (Å²) >= 11 is 1.02. The summed E-state index contributed by atoms with van der Waals surface area (Å²) in [6, 6.07) is 10.5. The highest BCUT2D eigenvalue weighted by Crippen LogP contribution is 2.29. The van der Waals surface area contributed by atoms with Gasteiger partial charge in [-0.05, 0) is 26.1 Å². The van der Waals surface area contributed by atoms with Gasteiger partial charge < -0.3 is 15.5 Å². The summed E-state index contributed by atoms with van der Waals surface area (Å²) in [5.41, 5.74) is 0.430. The van der Waals surface area contributed by atoms with E-state index in [-0.39, 0.29) is 30.0 Å². The molecule has 0 saturated heterocycles. The van der Waals surface area contributed by atoms with Crippen LogP contribution in [0, 0.1) is 0 Å². The predicted octanol–water partition coefficient (Wildman–Crippen LogP) is 3.66. The van der Waals surface area contributed by atoms with Crippen molar-refractivity contribution < 1.29 is 13.2 Å². The van der Waals surface area contributed by atoms with Crippen LogP contribution in [0.2, 0.25) is 0 Å². The number of nitrogens with zero attached hydrogens (tertiary/aromatic N) is 3. The first-order chi connectivity index (χ1) is 13.3. The monoisotopic (exact) mass is 541 g/mol. The molecule has 162 valence electrons.